The van der Waals surface area contributed by atoms with Crippen molar-refractivity contribution in [3.63, 3.8) is 0 Å². The van der Waals surface area contributed by atoms with Crippen LogP contribution in [0.25, 0.3) is 0 Å². The van der Waals surface area contributed by atoms with Crippen molar-refractivity contribution < 1.29 is 18.8 Å². The summed E-state index contributed by atoms with van der Waals surface area (Å²) in [6.45, 7) is 4.99. The van der Waals surface area contributed by atoms with E-state index in [4.69, 9.17) is 0 Å². The fraction of sp³-hybridized carbons (Fsp3) is 0.444. The van der Waals surface area contributed by atoms with Gasteiger partial charge in [0.1, 0.15) is 5.82 Å². The van der Waals surface area contributed by atoms with Gasteiger partial charge in [-0.25, -0.2) is 9.18 Å². The number of hydrogen-bond donors (Lipinski definition) is 2. The topological polar surface area (TPSA) is 85.0 Å². The average Bonchev–Trinajstić information content (AvgIpc) is 2.84. The van der Waals surface area contributed by atoms with Crippen molar-refractivity contribution in [2.75, 3.05) is 54.8 Å². The highest BCUT2D eigenvalue weighted by atomic mass is 19.1. The summed E-state index contributed by atoms with van der Waals surface area (Å²) >= 11 is 0. The molecule has 1 aliphatic heterocycles. The van der Waals surface area contributed by atoms with Crippen molar-refractivity contribution in [1.29, 1.82) is 0 Å². The zero-order valence-corrected chi connectivity index (χ0v) is 20.7. The highest BCUT2D eigenvalue weighted by Crippen LogP contribution is 2.28. The Morgan fingerprint density at radius 3 is 2.28 bits per heavy atom. The molecule has 0 bridgehead atoms. The van der Waals surface area contributed by atoms with E-state index in [2.05, 4.69) is 15.5 Å². The summed E-state index contributed by atoms with van der Waals surface area (Å²) in [5.74, 6) is -0.483. The third-order valence-electron chi connectivity index (χ3n) is 6.79. The smallest absolute Gasteiger partial charge is 0.322 e. The minimum atomic E-state index is -0.459. The molecule has 4 rings (SSSR count). The lowest BCUT2D eigenvalue weighted by molar-refractivity contribution is -0.140. The largest absolute Gasteiger partial charge is 0.368 e. The molecule has 0 unspecified atom stereocenters. The third-order valence-corrected chi connectivity index (χ3v) is 6.79. The van der Waals surface area contributed by atoms with E-state index in [1.54, 1.807) is 21.9 Å². The molecule has 2 aromatic carbocycles. The second-order valence-electron chi connectivity index (χ2n) is 9.37. The number of halogens is 1. The number of piperazine rings is 1. The first kappa shape index (κ1) is 25.5. The molecule has 2 aromatic rings. The molecule has 8 nitrogen and oxygen atoms in total. The molecule has 36 heavy (non-hydrogen) atoms. The van der Waals surface area contributed by atoms with Gasteiger partial charge in [-0.1, -0.05) is 25.5 Å². The molecule has 2 fully saturated rings. The fourth-order valence-electron chi connectivity index (χ4n) is 4.50. The first-order chi connectivity index (χ1) is 17.4. The van der Waals surface area contributed by atoms with E-state index in [0.717, 1.165) is 31.4 Å². The molecule has 1 saturated heterocycles. The van der Waals surface area contributed by atoms with Crippen LogP contribution < -0.4 is 15.5 Å². The number of carbonyl (C=O) groups is 3. The lowest BCUT2D eigenvalue weighted by Gasteiger charge is -2.36. The van der Waals surface area contributed by atoms with Crippen LogP contribution in [-0.2, 0) is 9.59 Å². The van der Waals surface area contributed by atoms with Crippen LogP contribution in [0.3, 0.4) is 0 Å². The zero-order chi connectivity index (χ0) is 25.5. The lowest BCUT2D eigenvalue weighted by atomic mass is 9.84. The molecule has 9 heteroatoms. The maximum Gasteiger partial charge on any atom is 0.322 e. The van der Waals surface area contributed by atoms with E-state index >= 15 is 0 Å². The van der Waals surface area contributed by atoms with Crippen LogP contribution in [-0.4, -0.2) is 66.9 Å². The number of carbonyl (C=O) groups excluding carboxylic acids is 3. The number of hydrogen-bond acceptors (Lipinski definition) is 4. The Labute approximate surface area is 211 Å². The SMILES string of the molecule is CCCN(CC(=O)Nc1ccc(N2CCN(C(=O)Nc3ccccc3F)CC2)cc1)C(=O)C1CCC1. The van der Waals surface area contributed by atoms with Crippen molar-refractivity contribution in [2.45, 2.75) is 32.6 Å². The van der Waals surface area contributed by atoms with Gasteiger partial charge in [-0.3, -0.25) is 9.59 Å². The van der Waals surface area contributed by atoms with Gasteiger partial charge in [0.2, 0.25) is 11.8 Å². The molecule has 192 valence electrons. The highest BCUT2D eigenvalue weighted by Gasteiger charge is 2.30. The average molecular weight is 496 g/mol. The van der Waals surface area contributed by atoms with E-state index < -0.39 is 5.82 Å². The lowest BCUT2D eigenvalue weighted by Crippen LogP contribution is -2.50. The summed E-state index contributed by atoms with van der Waals surface area (Å²) in [5, 5.41) is 5.53. The Morgan fingerprint density at radius 1 is 0.972 bits per heavy atom. The van der Waals surface area contributed by atoms with Crippen LogP contribution in [0.5, 0.6) is 0 Å². The standard InChI is InChI=1S/C27H34FN5O3/c1-2-14-33(26(35)20-6-5-7-20)19-25(34)29-21-10-12-22(13-11-21)31-15-17-32(18-16-31)27(36)30-24-9-4-3-8-23(24)28/h3-4,8-13,20H,2,5-7,14-19H2,1H3,(H,29,34)(H,30,36). The second-order valence-corrected chi connectivity index (χ2v) is 9.37. The minimum absolute atomic E-state index is 0.0713. The summed E-state index contributed by atoms with van der Waals surface area (Å²) in [4.78, 5) is 43.2. The van der Waals surface area contributed by atoms with E-state index in [-0.39, 0.29) is 36.0 Å². The third kappa shape index (κ3) is 6.33. The summed E-state index contributed by atoms with van der Waals surface area (Å²) in [6.07, 6.45) is 3.75. The van der Waals surface area contributed by atoms with Crippen molar-refractivity contribution in [2.24, 2.45) is 5.92 Å². The van der Waals surface area contributed by atoms with Crippen LogP contribution in [0, 0.1) is 11.7 Å². The van der Waals surface area contributed by atoms with Crippen LogP contribution in [0.1, 0.15) is 32.6 Å². The van der Waals surface area contributed by atoms with Gasteiger partial charge in [-0.15, -0.1) is 0 Å². The molecule has 0 aromatic heterocycles. The number of urea groups is 1. The zero-order valence-electron chi connectivity index (χ0n) is 20.7. The highest BCUT2D eigenvalue weighted by molar-refractivity contribution is 5.95. The molecule has 1 heterocycles. The van der Waals surface area contributed by atoms with E-state index in [1.807, 2.05) is 31.2 Å². The van der Waals surface area contributed by atoms with Crippen molar-refractivity contribution in [1.82, 2.24) is 9.80 Å². The van der Waals surface area contributed by atoms with Gasteiger partial charge in [0, 0.05) is 50.0 Å². The number of nitrogens with one attached hydrogen (secondary N) is 2. The molecular formula is C27H34FN5O3. The molecule has 0 radical (unpaired) electrons. The van der Waals surface area contributed by atoms with E-state index in [0.29, 0.717) is 38.4 Å². The Morgan fingerprint density at radius 2 is 1.67 bits per heavy atom. The Kier molecular flexibility index (Phi) is 8.40. The molecule has 2 N–H and O–H groups in total. The number of amides is 4. The van der Waals surface area contributed by atoms with Gasteiger partial charge in [0.05, 0.1) is 12.2 Å². The normalized spacial score (nSPS) is 15.7. The fourth-order valence-corrected chi connectivity index (χ4v) is 4.50. The number of rotatable bonds is 8. The molecule has 4 amide bonds. The van der Waals surface area contributed by atoms with E-state index in [9.17, 15) is 18.8 Å². The van der Waals surface area contributed by atoms with Crippen LogP contribution >= 0.6 is 0 Å². The number of anilines is 3. The monoisotopic (exact) mass is 495 g/mol. The van der Waals surface area contributed by atoms with Crippen molar-refractivity contribution in [3.8, 4) is 0 Å². The molecule has 0 atom stereocenters. The first-order valence-corrected chi connectivity index (χ1v) is 12.7. The van der Waals surface area contributed by atoms with Crippen molar-refractivity contribution >= 4 is 34.9 Å². The quantitative estimate of drug-likeness (QED) is 0.576. The molecule has 0 spiro atoms. The van der Waals surface area contributed by atoms with Crippen LogP contribution in [0.2, 0.25) is 0 Å². The maximum atomic E-state index is 13.8. The number of para-hydroxylation sites is 1. The predicted molar refractivity (Wildman–Crippen MR) is 138 cm³/mol. The van der Waals surface area contributed by atoms with Gasteiger partial charge >= 0.3 is 6.03 Å². The first-order valence-electron chi connectivity index (χ1n) is 12.7. The Balaban J connectivity index is 1.25. The Hall–Kier alpha value is -3.62. The Bertz CT molecular complexity index is 1070. The van der Waals surface area contributed by atoms with Crippen molar-refractivity contribution in [3.05, 3.63) is 54.3 Å². The maximum absolute atomic E-state index is 13.8. The molecular weight excluding hydrogens is 461 g/mol. The molecule has 1 aliphatic carbocycles. The summed E-state index contributed by atoms with van der Waals surface area (Å²) in [6, 6.07) is 13.4. The van der Waals surface area contributed by atoms with Gasteiger partial charge in [-0.05, 0) is 55.7 Å². The molecule has 1 saturated carbocycles. The van der Waals surface area contributed by atoms with E-state index in [1.165, 1.54) is 12.1 Å². The second kappa shape index (κ2) is 11.9. The van der Waals surface area contributed by atoms with Crippen LogP contribution in [0.15, 0.2) is 48.5 Å². The minimum Gasteiger partial charge on any atom is -0.368 e. The number of nitrogens with zero attached hydrogens (tertiary/aromatic N) is 3. The summed E-state index contributed by atoms with van der Waals surface area (Å²) in [7, 11) is 0. The van der Waals surface area contributed by atoms with Gasteiger partial charge in [-0.2, -0.15) is 0 Å². The number of benzene rings is 2. The van der Waals surface area contributed by atoms with Gasteiger partial charge in [0.15, 0.2) is 0 Å². The predicted octanol–water partition coefficient (Wildman–Crippen LogP) is 4.16. The van der Waals surface area contributed by atoms with Gasteiger partial charge in [0.25, 0.3) is 0 Å². The molecule has 2 aliphatic rings. The summed E-state index contributed by atoms with van der Waals surface area (Å²) in [5.41, 5.74) is 1.85. The van der Waals surface area contributed by atoms with Crippen LogP contribution in [0.4, 0.5) is 26.2 Å². The van der Waals surface area contributed by atoms with Gasteiger partial charge < -0.3 is 25.3 Å². The summed E-state index contributed by atoms with van der Waals surface area (Å²) < 4.78 is 13.8.